The van der Waals surface area contributed by atoms with Crippen molar-refractivity contribution in [2.24, 2.45) is 0 Å². The molecule has 0 saturated carbocycles. The van der Waals surface area contributed by atoms with Gasteiger partial charge in [-0.1, -0.05) is 11.6 Å². The fourth-order valence-electron chi connectivity index (χ4n) is 1.07. The first kappa shape index (κ1) is 12.3. The van der Waals surface area contributed by atoms with Crippen LogP contribution < -0.4 is 4.74 Å². The number of aliphatic carboxylic acids is 1. The number of carbonyl (C=O) groups is 2. The molecule has 0 aliphatic heterocycles. The number of hydrogen-bond donors (Lipinski definition) is 2. The number of aromatic hydroxyl groups is 1. The summed E-state index contributed by atoms with van der Waals surface area (Å²) in [5.41, 5.74) is -0.629. The first-order valence-corrected chi connectivity index (χ1v) is 4.30. The fourth-order valence-corrected chi connectivity index (χ4v) is 1.26. The third-order valence-electron chi connectivity index (χ3n) is 1.79. The van der Waals surface area contributed by atoms with Gasteiger partial charge in [-0.2, -0.15) is 0 Å². The molecule has 0 radical (unpaired) electrons. The van der Waals surface area contributed by atoms with Gasteiger partial charge >= 0.3 is 5.97 Å². The van der Waals surface area contributed by atoms with Gasteiger partial charge in [-0.05, 0) is 6.07 Å². The van der Waals surface area contributed by atoms with Crippen LogP contribution in [0.1, 0.15) is 10.4 Å². The molecule has 0 heterocycles. The predicted octanol–water partition coefficient (Wildman–Crippen LogP) is 1.46. The monoisotopic (exact) mass is 248 g/mol. The number of carboxylic acids is 1. The summed E-state index contributed by atoms with van der Waals surface area (Å²) < 4.78 is 17.7. The summed E-state index contributed by atoms with van der Waals surface area (Å²) in [7, 11) is 1.05. The van der Waals surface area contributed by atoms with Gasteiger partial charge in [0, 0.05) is 0 Å². The Balaban J connectivity index is 3.48. The molecule has 0 aliphatic carbocycles. The second-order valence-corrected chi connectivity index (χ2v) is 3.14. The van der Waals surface area contributed by atoms with E-state index < -0.39 is 39.7 Å². The number of phenols is 1. The molecule has 0 fully saturated rings. The first-order chi connectivity index (χ1) is 7.40. The average Bonchev–Trinajstić information content (AvgIpc) is 2.23. The molecule has 16 heavy (non-hydrogen) atoms. The molecule has 0 amide bonds. The van der Waals surface area contributed by atoms with Gasteiger partial charge in [0.2, 0.25) is 0 Å². The van der Waals surface area contributed by atoms with E-state index in [1.807, 2.05) is 0 Å². The molecule has 0 aliphatic rings. The number of halogens is 2. The van der Waals surface area contributed by atoms with E-state index in [2.05, 4.69) is 4.74 Å². The van der Waals surface area contributed by atoms with Gasteiger partial charge in [0.1, 0.15) is 0 Å². The van der Waals surface area contributed by atoms with Crippen molar-refractivity contribution in [2.75, 3.05) is 7.11 Å². The molecule has 0 bridgehead atoms. The Hall–Kier alpha value is -1.82. The van der Waals surface area contributed by atoms with Crippen LogP contribution in [0, 0.1) is 5.82 Å². The molecule has 0 spiro atoms. The van der Waals surface area contributed by atoms with E-state index in [0.717, 1.165) is 13.2 Å². The van der Waals surface area contributed by atoms with Crippen LogP contribution in [0.4, 0.5) is 4.39 Å². The highest BCUT2D eigenvalue weighted by atomic mass is 35.5. The second-order valence-electron chi connectivity index (χ2n) is 2.74. The topological polar surface area (TPSA) is 83.8 Å². The number of hydrogen-bond acceptors (Lipinski definition) is 4. The standard InChI is InChI=1S/C9H6ClFO5/c1-16-8-5(11)4(10)2-3(6(8)12)7(13)9(14)15/h2,12H,1H3,(H,14,15). The number of Topliss-reactive ketones (excluding diaryl/α,β-unsaturated/α-hetero) is 1. The van der Waals surface area contributed by atoms with Crippen molar-refractivity contribution in [1.82, 2.24) is 0 Å². The Morgan fingerprint density at radius 2 is 2.06 bits per heavy atom. The molecular formula is C9H6ClFO5. The Labute approximate surface area is 94.0 Å². The lowest BCUT2D eigenvalue weighted by Gasteiger charge is -2.09. The third kappa shape index (κ3) is 1.92. The zero-order chi connectivity index (χ0) is 12.5. The molecule has 86 valence electrons. The highest BCUT2D eigenvalue weighted by Gasteiger charge is 2.25. The van der Waals surface area contributed by atoms with Crippen molar-refractivity contribution >= 4 is 23.4 Å². The number of phenolic OH excluding ortho intramolecular Hbond substituents is 1. The van der Waals surface area contributed by atoms with E-state index in [0.29, 0.717) is 0 Å². The third-order valence-corrected chi connectivity index (χ3v) is 2.07. The minimum absolute atomic E-state index is 0.515. The fraction of sp³-hybridized carbons (Fsp3) is 0.111. The maximum atomic E-state index is 13.2. The Kier molecular flexibility index (Phi) is 3.34. The zero-order valence-electron chi connectivity index (χ0n) is 7.95. The maximum Gasteiger partial charge on any atom is 0.377 e. The van der Waals surface area contributed by atoms with Crippen molar-refractivity contribution < 1.29 is 28.9 Å². The van der Waals surface area contributed by atoms with Gasteiger partial charge < -0.3 is 14.9 Å². The number of rotatable bonds is 3. The summed E-state index contributed by atoms with van der Waals surface area (Å²) in [5, 5.41) is 17.3. The van der Waals surface area contributed by atoms with Gasteiger partial charge in [-0.15, -0.1) is 0 Å². The maximum absolute atomic E-state index is 13.2. The predicted molar refractivity (Wildman–Crippen MR) is 51.6 cm³/mol. The number of carboxylic acid groups (broad SMARTS) is 1. The van der Waals surface area contributed by atoms with Crippen LogP contribution in [0.5, 0.6) is 11.5 Å². The number of ketones is 1. The van der Waals surface area contributed by atoms with Crippen molar-refractivity contribution in [3.63, 3.8) is 0 Å². The van der Waals surface area contributed by atoms with Gasteiger partial charge in [-0.25, -0.2) is 9.18 Å². The van der Waals surface area contributed by atoms with E-state index in [9.17, 15) is 19.1 Å². The lowest BCUT2D eigenvalue weighted by molar-refractivity contribution is -0.131. The second kappa shape index (κ2) is 4.36. The van der Waals surface area contributed by atoms with Gasteiger partial charge in [0.15, 0.2) is 17.3 Å². The molecule has 0 aromatic heterocycles. The number of carbonyl (C=O) groups excluding carboxylic acids is 1. The van der Waals surface area contributed by atoms with Crippen LogP contribution in [0.15, 0.2) is 6.07 Å². The van der Waals surface area contributed by atoms with E-state index >= 15 is 0 Å². The van der Waals surface area contributed by atoms with Crippen LogP contribution in [0.2, 0.25) is 5.02 Å². The summed E-state index contributed by atoms with van der Waals surface area (Å²) >= 11 is 5.41. The smallest absolute Gasteiger partial charge is 0.377 e. The van der Waals surface area contributed by atoms with Crippen LogP contribution in [0.3, 0.4) is 0 Å². The molecule has 1 rings (SSSR count). The lowest BCUT2D eigenvalue weighted by atomic mass is 10.1. The molecule has 7 heteroatoms. The largest absolute Gasteiger partial charge is 0.504 e. The molecule has 1 aromatic carbocycles. The molecule has 0 saturated heterocycles. The van der Waals surface area contributed by atoms with Crippen molar-refractivity contribution in [3.05, 3.63) is 22.5 Å². The van der Waals surface area contributed by atoms with Gasteiger partial charge in [0.05, 0.1) is 17.7 Å². The van der Waals surface area contributed by atoms with Crippen LogP contribution >= 0.6 is 11.6 Å². The summed E-state index contributed by atoms with van der Waals surface area (Å²) in [6.45, 7) is 0. The quantitative estimate of drug-likeness (QED) is 0.625. The highest BCUT2D eigenvalue weighted by molar-refractivity contribution is 6.41. The van der Waals surface area contributed by atoms with E-state index in [-0.39, 0.29) is 0 Å². The number of ether oxygens (including phenoxy) is 1. The molecular weight excluding hydrogens is 243 g/mol. The number of benzene rings is 1. The van der Waals surface area contributed by atoms with Gasteiger partial charge in [0.25, 0.3) is 5.78 Å². The zero-order valence-corrected chi connectivity index (χ0v) is 8.71. The normalized spacial score (nSPS) is 9.94. The van der Waals surface area contributed by atoms with E-state index in [4.69, 9.17) is 16.7 Å². The van der Waals surface area contributed by atoms with Crippen molar-refractivity contribution in [1.29, 1.82) is 0 Å². The number of methoxy groups -OCH3 is 1. The van der Waals surface area contributed by atoms with Crippen molar-refractivity contribution in [2.45, 2.75) is 0 Å². The Bertz CT molecular complexity index is 471. The van der Waals surface area contributed by atoms with Gasteiger partial charge in [-0.3, -0.25) is 4.79 Å². The molecule has 1 aromatic rings. The Morgan fingerprint density at radius 1 is 1.50 bits per heavy atom. The highest BCUT2D eigenvalue weighted by Crippen LogP contribution is 2.37. The molecule has 2 N–H and O–H groups in total. The van der Waals surface area contributed by atoms with E-state index in [1.165, 1.54) is 0 Å². The summed E-state index contributed by atoms with van der Waals surface area (Å²) in [4.78, 5) is 21.5. The van der Waals surface area contributed by atoms with E-state index in [1.54, 1.807) is 0 Å². The molecule has 0 atom stereocenters. The minimum Gasteiger partial charge on any atom is -0.504 e. The van der Waals surface area contributed by atoms with Crippen molar-refractivity contribution in [3.8, 4) is 11.5 Å². The first-order valence-electron chi connectivity index (χ1n) is 3.92. The minimum atomic E-state index is -1.79. The summed E-state index contributed by atoms with van der Waals surface area (Å²) in [6, 6.07) is 0.727. The SMILES string of the molecule is COc1c(O)c(C(=O)C(=O)O)cc(Cl)c1F. The van der Waals surface area contributed by atoms with Crippen LogP contribution in [0.25, 0.3) is 0 Å². The Morgan fingerprint density at radius 3 is 2.50 bits per heavy atom. The van der Waals surface area contributed by atoms with Crippen LogP contribution in [-0.2, 0) is 4.79 Å². The average molecular weight is 249 g/mol. The summed E-state index contributed by atoms with van der Waals surface area (Å²) in [6.07, 6.45) is 0. The molecule has 5 nitrogen and oxygen atoms in total. The summed E-state index contributed by atoms with van der Waals surface area (Å²) in [5.74, 6) is -5.82. The van der Waals surface area contributed by atoms with Crippen LogP contribution in [-0.4, -0.2) is 29.1 Å². The lowest BCUT2D eigenvalue weighted by Crippen LogP contribution is -2.13. The molecule has 0 unspecified atom stereocenters.